The lowest BCUT2D eigenvalue weighted by Gasteiger charge is -2.32. The minimum Gasteiger partial charge on any atom is -0.487 e. The SMILES string of the molecule is COC[C@@H](C)Oc1cc(NC(=O)N(C)c2ccc(CN3CCN(C)CC3=O)c(C=O)n2)ncc1C#CC1CC1. The van der Waals surface area contributed by atoms with E-state index in [9.17, 15) is 14.4 Å². The first kappa shape index (κ1) is 28.0. The molecular formula is C28H34N6O5. The average Bonchev–Trinajstić information content (AvgIpc) is 3.74. The first-order chi connectivity index (χ1) is 18.8. The van der Waals surface area contributed by atoms with Gasteiger partial charge < -0.3 is 14.4 Å². The minimum atomic E-state index is -0.499. The molecule has 1 aliphatic heterocycles. The summed E-state index contributed by atoms with van der Waals surface area (Å²) in [7, 11) is 5.04. The smallest absolute Gasteiger partial charge is 0.328 e. The summed E-state index contributed by atoms with van der Waals surface area (Å²) in [5.74, 6) is 7.82. The van der Waals surface area contributed by atoms with Gasteiger partial charge in [0.25, 0.3) is 0 Å². The molecule has 2 aromatic heterocycles. The molecule has 39 heavy (non-hydrogen) atoms. The fourth-order valence-electron chi connectivity index (χ4n) is 4.00. The number of hydrogen-bond donors (Lipinski definition) is 1. The van der Waals surface area contributed by atoms with E-state index in [-0.39, 0.29) is 35.9 Å². The maximum Gasteiger partial charge on any atom is 0.328 e. The van der Waals surface area contributed by atoms with Gasteiger partial charge in [0, 0.05) is 57.5 Å². The number of aromatic nitrogens is 2. The number of carbonyl (C=O) groups is 3. The number of nitrogens with zero attached hydrogens (tertiary/aromatic N) is 5. The molecule has 4 rings (SSSR count). The Hall–Kier alpha value is -4.01. The molecule has 0 aromatic carbocycles. The van der Waals surface area contributed by atoms with Crippen LogP contribution in [0.2, 0.25) is 0 Å². The first-order valence-electron chi connectivity index (χ1n) is 12.9. The molecule has 1 atom stereocenters. The van der Waals surface area contributed by atoms with Crippen LogP contribution in [0.1, 0.15) is 41.4 Å². The zero-order chi connectivity index (χ0) is 27.9. The van der Waals surface area contributed by atoms with E-state index >= 15 is 0 Å². The van der Waals surface area contributed by atoms with E-state index in [0.29, 0.717) is 48.8 Å². The van der Waals surface area contributed by atoms with E-state index in [0.717, 1.165) is 19.4 Å². The summed E-state index contributed by atoms with van der Waals surface area (Å²) in [5.41, 5.74) is 1.44. The number of aldehydes is 1. The van der Waals surface area contributed by atoms with E-state index in [1.165, 1.54) is 4.90 Å². The third-order valence-corrected chi connectivity index (χ3v) is 6.45. The van der Waals surface area contributed by atoms with Crippen molar-refractivity contribution in [1.29, 1.82) is 0 Å². The monoisotopic (exact) mass is 534 g/mol. The number of nitrogens with one attached hydrogen (secondary N) is 1. The number of carbonyl (C=O) groups excluding carboxylic acids is 3. The van der Waals surface area contributed by atoms with Gasteiger partial charge in [-0.25, -0.2) is 14.8 Å². The molecule has 1 saturated carbocycles. The van der Waals surface area contributed by atoms with Crippen molar-refractivity contribution in [2.75, 3.05) is 57.7 Å². The summed E-state index contributed by atoms with van der Waals surface area (Å²) in [6.07, 6.45) is 4.20. The van der Waals surface area contributed by atoms with Crippen molar-refractivity contribution in [3.05, 3.63) is 41.2 Å². The zero-order valence-corrected chi connectivity index (χ0v) is 22.8. The number of piperazine rings is 1. The number of amides is 3. The Labute approximate surface area is 228 Å². The topological polar surface area (TPSA) is 117 Å². The lowest BCUT2D eigenvalue weighted by Crippen LogP contribution is -2.48. The van der Waals surface area contributed by atoms with Crippen LogP contribution in [-0.2, 0) is 16.1 Å². The van der Waals surface area contributed by atoms with Gasteiger partial charge in [-0.3, -0.25) is 24.7 Å². The van der Waals surface area contributed by atoms with Gasteiger partial charge in [0.05, 0.1) is 18.7 Å². The number of urea groups is 1. The van der Waals surface area contributed by atoms with E-state index in [4.69, 9.17) is 9.47 Å². The molecule has 1 aliphatic carbocycles. The van der Waals surface area contributed by atoms with Gasteiger partial charge in [0.1, 0.15) is 29.2 Å². The fourth-order valence-corrected chi connectivity index (χ4v) is 4.00. The summed E-state index contributed by atoms with van der Waals surface area (Å²) in [6, 6.07) is 4.50. The lowest BCUT2D eigenvalue weighted by atomic mass is 10.1. The van der Waals surface area contributed by atoms with Crippen molar-refractivity contribution >= 4 is 29.9 Å². The highest BCUT2D eigenvalue weighted by atomic mass is 16.5. The van der Waals surface area contributed by atoms with Crippen LogP contribution in [0, 0.1) is 17.8 Å². The summed E-state index contributed by atoms with van der Waals surface area (Å²) < 4.78 is 11.2. The van der Waals surface area contributed by atoms with Crippen molar-refractivity contribution < 1.29 is 23.9 Å². The van der Waals surface area contributed by atoms with Crippen molar-refractivity contribution in [3.8, 4) is 17.6 Å². The van der Waals surface area contributed by atoms with E-state index in [1.807, 2.05) is 18.9 Å². The number of pyridine rings is 2. The van der Waals surface area contributed by atoms with Crippen LogP contribution in [0.25, 0.3) is 0 Å². The van der Waals surface area contributed by atoms with Gasteiger partial charge in [0.15, 0.2) is 6.29 Å². The highest BCUT2D eigenvalue weighted by molar-refractivity contribution is 6.00. The molecule has 2 aliphatic rings. The maximum absolute atomic E-state index is 13.0. The maximum atomic E-state index is 13.0. The highest BCUT2D eigenvalue weighted by Crippen LogP contribution is 2.29. The molecule has 0 radical (unpaired) electrons. The number of rotatable bonds is 9. The first-order valence-corrected chi connectivity index (χ1v) is 12.9. The summed E-state index contributed by atoms with van der Waals surface area (Å²) in [4.78, 5) is 50.8. The van der Waals surface area contributed by atoms with Gasteiger partial charge in [0.2, 0.25) is 5.91 Å². The van der Waals surface area contributed by atoms with Crippen LogP contribution >= 0.6 is 0 Å². The second-order valence-electron chi connectivity index (χ2n) is 9.87. The second-order valence-corrected chi connectivity index (χ2v) is 9.87. The molecule has 0 spiro atoms. The molecular weight excluding hydrogens is 500 g/mol. The predicted molar refractivity (Wildman–Crippen MR) is 146 cm³/mol. The van der Waals surface area contributed by atoms with E-state index in [1.54, 1.807) is 43.5 Å². The van der Waals surface area contributed by atoms with Gasteiger partial charge >= 0.3 is 6.03 Å². The number of anilines is 2. The van der Waals surface area contributed by atoms with Gasteiger partial charge in [-0.1, -0.05) is 17.9 Å². The van der Waals surface area contributed by atoms with Gasteiger partial charge in [-0.2, -0.15) is 0 Å². The molecule has 3 heterocycles. The Bertz CT molecular complexity index is 1280. The minimum absolute atomic E-state index is 0.00169. The number of hydrogen-bond acceptors (Lipinski definition) is 8. The van der Waals surface area contributed by atoms with Crippen molar-refractivity contribution in [2.45, 2.75) is 32.4 Å². The third-order valence-electron chi connectivity index (χ3n) is 6.45. The van der Waals surface area contributed by atoms with Crippen LogP contribution in [0.3, 0.4) is 0 Å². The van der Waals surface area contributed by atoms with Crippen molar-refractivity contribution in [1.82, 2.24) is 19.8 Å². The van der Waals surface area contributed by atoms with E-state index in [2.05, 4.69) is 27.1 Å². The molecule has 11 heteroatoms. The molecule has 3 amide bonds. The molecule has 2 aromatic rings. The zero-order valence-electron chi connectivity index (χ0n) is 22.8. The second kappa shape index (κ2) is 12.7. The van der Waals surface area contributed by atoms with Crippen LogP contribution < -0.4 is 15.0 Å². The highest BCUT2D eigenvalue weighted by Gasteiger charge is 2.23. The Morgan fingerprint density at radius 1 is 1.33 bits per heavy atom. The Balaban J connectivity index is 1.46. The Morgan fingerprint density at radius 2 is 2.13 bits per heavy atom. The quantitative estimate of drug-likeness (QED) is 0.385. The fraction of sp³-hybridized carbons (Fsp3) is 0.464. The largest absolute Gasteiger partial charge is 0.487 e. The van der Waals surface area contributed by atoms with Crippen LogP contribution in [0.5, 0.6) is 5.75 Å². The Morgan fingerprint density at radius 3 is 2.82 bits per heavy atom. The number of likely N-dealkylation sites (N-methyl/N-ethyl adjacent to an activating group) is 1. The van der Waals surface area contributed by atoms with Gasteiger partial charge in [-0.05, 0) is 32.9 Å². The molecule has 206 valence electrons. The number of ether oxygens (including phenoxy) is 2. The lowest BCUT2D eigenvalue weighted by molar-refractivity contribution is -0.136. The van der Waals surface area contributed by atoms with Crippen LogP contribution in [0.15, 0.2) is 24.4 Å². The molecule has 0 unspecified atom stereocenters. The molecule has 1 saturated heterocycles. The van der Waals surface area contributed by atoms with Gasteiger partial charge in [-0.15, -0.1) is 0 Å². The molecule has 11 nitrogen and oxygen atoms in total. The third kappa shape index (κ3) is 7.52. The van der Waals surface area contributed by atoms with E-state index < -0.39 is 6.03 Å². The van der Waals surface area contributed by atoms with Crippen molar-refractivity contribution in [3.63, 3.8) is 0 Å². The summed E-state index contributed by atoms with van der Waals surface area (Å²) in [5, 5.41) is 2.75. The summed E-state index contributed by atoms with van der Waals surface area (Å²) in [6.45, 7) is 4.24. The average molecular weight is 535 g/mol. The van der Waals surface area contributed by atoms with Crippen LogP contribution in [-0.4, -0.2) is 91.5 Å². The van der Waals surface area contributed by atoms with Crippen LogP contribution in [0.4, 0.5) is 16.4 Å². The Kier molecular flexibility index (Phi) is 9.11. The molecule has 0 bridgehead atoms. The molecule has 2 fully saturated rings. The number of methoxy groups -OCH3 is 1. The molecule has 1 N–H and O–H groups in total. The normalized spacial score (nSPS) is 16.2. The summed E-state index contributed by atoms with van der Waals surface area (Å²) >= 11 is 0. The predicted octanol–water partition coefficient (Wildman–Crippen LogP) is 2.41. The standard InChI is InChI=1S/C28H34N6O5/c1-19(18-38-4)39-24-13-25(29-14-21(24)8-7-20-5-6-20)31-28(37)33(3)26-10-9-22(23(17-35)30-26)15-34-12-11-32(2)16-27(34)36/h9-10,13-14,17,19-20H,5-6,11-12,15-16,18H2,1-4H3,(H,29,31,37)/t19-/m1/s1. The van der Waals surface area contributed by atoms with Crippen molar-refractivity contribution in [2.24, 2.45) is 5.92 Å².